The highest BCUT2D eigenvalue weighted by Gasteiger charge is 2.13. The van der Waals surface area contributed by atoms with Gasteiger partial charge in [0.25, 0.3) is 5.91 Å². The molecule has 2 aromatic carbocycles. The lowest BCUT2D eigenvalue weighted by atomic mass is 10.2. The van der Waals surface area contributed by atoms with Gasteiger partial charge in [-0.15, -0.1) is 0 Å². The van der Waals surface area contributed by atoms with Crippen LogP contribution in [0.1, 0.15) is 38.1 Å². The van der Waals surface area contributed by atoms with Crippen molar-refractivity contribution in [3.8, 4) is 23.0 Å². The van der Waals surface area contributed by atoms with Gasteiger partial charge in [-0.05, 0) is 63.3 Å². The van der Waals surface area contributed by atoms with E-state index in [-0.39, 0.29) is 24.3 Å². The quantitative estimate of drug-likeness (QED) is 0.0940. The van der Waals surface area contributed by atoms with Gasteiger partial charge in [0.1, 0.15) is 45.4 Å². The van der Waals surface area contributed by atoms with Crippen LogP contribution in [-0.2, 0) is 33.3 Å². The molecule has 0 fully saturated rings. The fourth-order valence-corrected chi connectivity index (χ4v) is 4.59. The average molecular weight is 798 g/mol. The number of fused-ring (bicyclic) bond motifs is 2. The highest BCUT2D eigenvalue weighted by molar-refractivity contribution is 5.95. The van der Waals surface area contributed by atoms with Crippen molar-refractivity contribution >= 4 is 17.7 Å². The van der Waals surface area contributed by atoms with Crippen LogP contribution in [0, 0.1) is 0 Å². The molecule has 0 saturated carbocycles. The minimum atomic E-state index is -0.279. The van der Waals surface area contributed by atoms with Gasteiger partial charge >= 0.3 is 0 Å². The van der Waals surface area contributed by atoms with Gasteiger partial charge in [0.05, 0.1) is 45.4 Å². The molecule has 1 aliphatic rings. The summed E-state index contributed by atoms with van der Waals surface area (Å²) in [6.07, 6.45) is 5.07. The van der Waals surface area contributed by atoms with Crippen LogP contribution in [0.5, 0.6) is 23.0 Å². The lowest BCUT2D eigenvalue weighted by Crippen LogP contribution is -2.33. The lowest BCUT2D eigenvalue weighted by molar-refractivity contribution is -0.119. The number of para-hydroxylation sites is 2. The second-order valence-corrected chi connectivity index (χ2v) is 11.9. The Labute approximate surface area is 336 Å². The van der Waals surface area contributed by atoms with E-state index in [1.54, 1.807) is 43.4 Å². The van der Waals surface area contributed by atoms with Crippen LogP contribution in [0.15, 0.2) is 90.9 Å². The summed E-state index contributed by atoms with van der Waals surface area (Å²) < 4.78 is 50.5. The third-order valence-electron chi connectivity index (χ3n) is 7.28. The summed E-state index contributed by atoms with van der Waals surface area (Å²) in [5.74, 6) is 2.91. The second-order valence-electron chi connectivity index (χ2n) is 11.9. The smallest absolute Gasteiger partial charge is 0.251 e. The van der Waals surface area contributed by atoms with E-state index in [0.29, 0.717) is 132 Å². The number of carbonyl (C=O) groups excluding carboxylic acids is 3. The molecule has 0 unspecified atom stereocenters. The molecule has 0 spiro atoms. The van der Waals surface area contributed by atoms with Crippen molar-refractivity contribution in [3.63, 3.8) is 0 Å². The third-order valence-corrected chi connectivity index (χ3v) is 7.28. The van der Waals surface area contributed by atoms with Gasteiger partial charge in [-0.1, -0.05) is 31.4 Å². The number of amides is 3. The Bertz CT molecular complexity index is 1590. The summed E-state index contributed by atoms with van der Waals surface area (Å²) in [7, 11) is 0. The van der Waals surface area contributed by atoms with Crippen molar-refractivity contribution in [1.82, 2.24) is 16.0 Å². The Morgan fingerprint density at radius 2 is 1.25 bits per heavy atom. The number of nitrogens with one attached hydrogen (secondary N) is 3. The van der Waals surface area contributed by atoms with Crippen LogP contribution in [0.25, 0.3) is 0 Å². The van der Waals surface area contributed by atoms with Gasteiger partial charge in [0, 0.05) is 37.7 Å². The summed E-state index contributed by atoms with van der Waals surface area (Å²) >= 11 is 0. The molecule has 57 heavy (non-hydrogen) atoms. The van der Waals surface area contributed by atoms with Crippen molar-refractivity contribution in [3.05, 3.63) is 96.5 Å². The van der Waals surface area contributed by atoms with Gasteiger partial charge in [0.15, 0.2) is 23.0 Å². The van der Waals surface area contributed by atoms with E-state index in [0.717, 1.165) is 5.76 Å². The number of rotatable bonds is 16. The number of carbonyl (C=O) groups is 3. The van der Waals surface area contributed by atoms with E-state index in [2.05, 4.69) is 29.1 Å². The first-order chi connectivity index (χ1) is 27.6. The lowest BCUT2D eigenvalue weighted by Gasteiger charge is -2.16. The Balaban J connectivity index is 0.000000441. The Kier molecular flexibility index (Phi) is 24.9. The fourth-order valence-electron chi connectivity index (χ4n) is 4.59. The van der Waals surface area contributed by atoms with Gasteiger partial charge in [-0.2, -0.15) is 0 Å². The van der Waals surface area contributed by atoms with Crippen LogP contribution in [0.4, 0.5) is 0 Å². The van der Waals surface area contributed by atoms with E-state index >= 15 is 0 Å². The molecule has 1 heterocycles. The van der Waals surface area contributed by atoms with E-state index in [4.69, 9.17) is 42.6 Å². The zero-order valence-corrected chi connectivity index (χ0v) is 33.7. The minimum Gasteiger partial charge on any atom is -0.496 e. The van der Waals surface area contributed by atoms with Crippen LogP contribution < -0.4 is 34.9 Å². The highest BCUT2D eigenvalue weighted by Crippen LogP contribution is 2.29. The van der Waals surface area contributed by atoms with E-state index in [1.807, 2.05) is 38.1 Å². The maximum atomic E-state index is 12.5. The van der Waals surface area contributed by atoms with Crippen LogP contribution in [0.2, 0.25) is 0 Å². The number of hydrogen-bond donors (Lipinski definition) is 3. The zero-order chi connectivity index (χ0) is 41.5. The monoisotopic (exact) mass is 797 g/mol. The normalized spacial score (nSPS) is 13.9. The molecule has 3 N–H and O–H groups in total. The molecule has 0 atom stereocenters. The van der Waals surface area contributed by atoms with Crippen LogP contribution in [0.3, 0.4) is 0 Å². The number of likely N-dealkylation sites (N-methyl/N-ethyl adjacent to an activating group) is 1. The van der Waals surface area contributed by atoms with Gasteiger partial charge in [-0.25, -0.2) is 0 Å². The van der Waals surface area contributed by atoms with E-state index < -0.39 is 0 Å². The molecule has 15 heteroatoms. The second kappa shape index (κ2) is 29.7. The number of ether oxygens (including phenoxy) is 9. The largest absolute Gasteiger partial charge is 0.496 e. The third kappa shape index (κ3) is 22.0. The van der Waals surface area contributed by atoms with E-state index in [9.17, 15) is 14.4 Å². The molecular weight excluding hydrogens is 738 g/mol. The maximum Gasteiger partial charge on any atom is 0.251 e. The predicted molar refractivity (Wildman–Crippen MR) is 216 cm³/mol. The molecule has 2 aromatic rings. The molecule has 0 radical (unpaired) electrons. The molecule has 314 valence electrons. The number of allylic oxidation sites excluding steroid dienone is 4. The molecule has 0 bridgehead atoms. The van der Waals surface area contributed by atoms with Crippen molar-refractivity contribution in [2.24, 2.45) is 0 Å². The Hall–Kier alpha value is -5.51. The number of hydrogen-bond acceptors (Lipinski definition) is 12. The van der Waals surface area contributed by atoms with Crippen LogP contribution in [-0.4, -0.2) is 117 Å². The Morgan fingerprint density at radius 1 is 0.702 bits per heavy atom. The summed E-state index contributed by atoms with van der Waals surface area (Å²) in [4.78, 5) is 34.9. The molecule has 3 amide bonds. The molecule has 0 saturated heterocycles. The summed E-state index contributed by atoms with van der Waals surface area (Å²) in [5, 5.41) is 8.09. The van der Waals surface area contributed by atoms with Crippen molar-refractivity contribution < 1.29 is 57.0 Å². The topological polar surface area (TPSA) is 170 Å². The summed E-state index contributed by atoms with van der Waals surface area (Å²) in [6.45, 7) is 20.0. The standard InChI is InChI=1S/C25H32N2O8.C17H27NO4/c1-19(28)26-8-9-27-25(29)20-6-7-23-24(18-20)35-17-13-31-11-15-33-22-5-3-2-4-21(22)32-14-10-30-12-16-34-23;1-6-8-15(4)21-11-9-20-10-12-22-16(5)13-14(3)17(19)18-7-2/h2-7,18H,8-17H2,1H3,(H,26,28)(H,27,29);6,8,13H,1,5,7,9-12H2,2-4H3,(H,18,19)/b;14-13+,15-8+. The molecule has 3 rings (SSSR count). The highest BCUT2D eigenvalue weighted by atomic mass is 16.6. The molecule has 0 aliphatic carbocycles. The molecule has 0 aromatic heterocycles. The molecule has 15 nitrogen and oxygen atoms in total. The molecular formula is C42H59N3O12. The summed E-state index contributed by atoms with van der Waals surface area (Å²) in [5.41, 5.74) is 0.976. The van der Waals surface area contributed by atoms with E-state index in [1.165, 1.54) is 6.92 Å². The van der Waals surface area contributed by atoms with Crippen molar-refractivity contribution in [1.29, 1.82) is 0 Å². The van der Waals surface area contributed by atoms with Crippen molar-refractivity contribution in [2.75, 3.05) is 98.9 Å². The van der Waals surface area contributed by atoms with Gasteiger partial charge in [-0.3, -0.25) is 14.4 Å². The Morgan fingerprint density at radius 3 is 1.81 bits per heavy atom. The molecule has 1 aliphatic heterocycles. The van der Waals surface area contributed by atoms with Gasteiger partial charge < -0.3 is 58.6 Å². The fraction of sp³-hybridized carbons (Fsp3) is 0.452. The number of benzene rings is 2. The maximum absolute atomic E-state index is 12.5. The summed E-state index contributed by atoms with van der Waals surface area (Å²) in [6, 6.07) is 12.4. The predicted octanol–water partition coefficient (Wildman–Crippen LogP) is 4.54. The minimum absolute atomic E-state index is 0.122. The average Bonchev–Trinajstić information content (AvgIpc) is 3.19. The van der Waals surface area contributed by atoms with Gasteiger partial charge in [0.2, 0.25) is 11.8 Å². The zero-order valence-electron chi connectivity index (χ0n) is 33.7. The van der Waals surface area contributed by atoms with Crippen molar-refractivity contribution in [2.45, 2.75) is 27.7 Å². The first kappa shape index (κ1) is 47.6. The van der Waals surface area contributed by atoms with Crippen LogP contribution >= 0.6 is 0 Å². The SMILES string of the molecule is C=C/C=C(\C)OCCOCCOC(=C)/C=C(\C)C(=O)NCC.CC(=O)NCCNC(=O)c1ccc2c(c1)OCCOCCOc1ccccc1OCCOCCO2. The first-order valence-electron chi connectivity index (χ1n) is 18.8. The first-order valence-corrected chi connectivity index (χ1v) is 18.8.